The van der Waals surface area contributed by atoms with Crippen LogP contribution in [0, 0.1) is 6.92 Å². The number of aromatic nitrogens is 2. The number of hydrogen-bond donors (Lipinski definition) is 3. The lowest BCUT2D eigenvalue weighted by molar-refractivity contribution is -0.139. The highest BCUT2D eigenvalue weighted by Gasteiger charge is 2.25. The average Bonchev–Trinajstić information content (AvgIpc) is 2.33. The Balaban J connectivity index is 3.18. The van der Waals surface area contributed by atoms with Gasteiger partial charge in [-0.05, 0) is 13.3 Å². The van der Waals surface area contributed by atoms with Crippen molar-refractivity contribution in [1.82, 2.24) is 15.3 Å². The second-order valence-corrected chi connectivity index (χ2v) is 5.90. The van der Waals surface area contributed by atoms with Crippen LogP contribution in [-0.2, 0) is 10.2 Å². The first kappa shape index (κ1) is 16.9. The van der Waals surface area contributed by atoms with Crippen LogP contribution >= 0.6 is 0 Å². The molecular formula is C14H21N3O4. The number of amides is 1. The second kappa shape index (κ2) is 6.07. The van der Waals surface area contributed by atoms with E-state index in [0.29, 0.717) is 5.82 Å². The van der Waals surface area contributed by atoms with Gasteiger partial charge in [0.15, 0.2) is 0 Å². The number of hydrogen-bond acceptors (Lipinski definition) is 4. The van der Waals surface area contributed by atoms with Crippen molar-refractivity contribution in [3.8, 4) is 0 Å². The molecule has 1 amide bonds. The van der Waals surface area contributed by atoms with Gasteiger partial charge >= 0.3 is 5.97 Å². The Labute approximate surface area is 122 Å². The molecule has 1 rings (SSSR count). The van der Waals surface area contributed by atoms with Gasteiger partial charge in [0.05, 0.1) is 5.69 Å². The van der Waals surface area contributed by atoms with E-state index < -0.39 is 23.5 Å². The molecule has 7 heteroatoms. The van der Waals surface area contributed by atoms with E-state index in [9.17, 15) is 14.4 Å². The van der Waals surface area contributed by atoms with E-state index in [1.165, 1.54) is 0 Å². The molecule has 1 atom stereocenters. The molecule has 116 valence electrons. The molecule has 0 aliphatic rings. The number of carbonyl (C=O) groups excluding carboxylic acids is 1. The molecular weight excluding hydrogens is 274 g/mol. The van der Waals surface area contributed by atoms with Crippen LogP contribution in [-0.4, -0.2) is 33.0 Å². The number of aliphatic carboxylic acids is 1. The van der Waals surface area contributed by atoms with E-state index in [-0.39, 0.29) is 23.1 Å². The Hall–Kier alpha value is -2.18. The van der Waals surface area contributed by atoms with Crippen LogP contribution in [0.1, 0.15) is 56.0 Å². The van der Waals surface area contributed by atoms with E-state index in [2.05, 4.69) is 15.3 Å². The second-order valence-electron chi connectivity index (χ2n) is 5.90. The molecule has 1 heterocycles. The van der Waals surface area contributed by atoms with Crippen LogP contribution in [0.25, 0.3) is 0 Å². The Morgan fingerprint density at radius 2 is 1.95 bits per heavy atom. The number of aryl methyl sites for hydroxylation is 1. The van der Waals surface area contributed by atoms with Gasteiger partial charge in [0.1, 0.15) is 17.4 Å². The SMILES string of the molecule is CCC(NC(=O)c1c(C)nc(C(C)(C)C)[nH]c1=O)C(=O)O. The van der Waals surface area contributed by atoms with E-state index in [0.717, 1.165) is 0 Å². The average molecular weight is 295 g/mol. The summed E-state index contributed by atoms with van der Waals surface area (Å²) >= 11 is 0. The van der Waals surface area contributed by atoms with Crippen LogP contribution in [0.3, 0.4) is 0 Å². The van der Waals surface area contributed by atoms with E-state index in [1.54, 1.807) is 13.8 Å². The minimum Gasteiger partial charge on any atom is -0.480 e. The van der Waals surface area contributed by atoms with Gasteiger partial charge in [0.25, 0.3) is 11.5 Å². The molecule has 0 aliphatic heterocycles. The smallest absolute Gasteiger partial charge is 0.326 e. The summed E-state index contributed by atoms with van der Waals surface area (Å²) < 4.78 is 0. The summed E-state index contributed by atoms with van der Waals surface area (Å²) in [4.78, 5) is 41.9. The van der Waals surface area contributed by atoms with E-state index >= 15 is 0 Å². The van der Waals surface area contributed by atoms with Crippen LogP contribution in [0.15, 0.2) is 4.79 Å². The topological polar surface area (TPSA) is 112 Å². The quantitative estimate of drug-likeness (QED) is 0.766. The molecule has 1 aromatic heterocycles. The maximum atomic E-state index is 12.1. The molecule has 0 fully saturated rings. The number of carboxylic acids is 1. The highest BCUT2D eigenvalue weighted by atomic mass is 16.4. The van der Waals surface area contributed by atoms with Gasteiger partial charge in [0, 0.05) is 5.41 Å². The summed E-state index contributed by atoms with van der Waals surface area (Å²) in [6.07, 6.45) is 0.228. The summed E-state index contributed by atoms with van der Waals surface area (Å²) in [5, 5.41) is 11.3. The van der Waals surface area contributed by atoms with Crippen LogP contribution < -0.4 is 10.9 Å². The zero-order chi connectivity index (χ0) is 16.4. The summed E-state index contributed by atoms with van der Waals surface area (Å²) in [6.45, 7) is 8.87. The van der Waals surface area contributed by atoms with Crippen LogP contribution in [0.5, 0.6) is 0 Å². The van der Waals surface area contributed by atoms with Crippen LogP contribution in [0.2, 0.25) is 0 Å². The van der Waals surface area contributed by atoms with Gasteiger partial charge in [-0.15, -0.1) is 0 Å². The van der Waals surface area contributed by atoms with Crippen molar-refractivity contribution in [3.05, 3.63) is 27.4 Å². The van der Waals surface area contributed by atoms with Crippen molar-refractivity contribution in [2.75, 3.05) is 0 Å². The fourth-order valence-electron chi connectivity index (χ4n) is 1.78. The van der Waals surface area contributed by atoms with Gasteiger partial charge in [-0.3, -0.25) is 9.59 Å². The summed E-state index contributed by atoms with van der Waals surface area (Å²) in [7, 11) is 0. The molecule has 7 nitrogen and oxygen atoms in total. The number of H-pyrrole nitrogens is 1. The molecule has 0 radical (unpaired) electrons. The van der Waals surface area contributed by atoms with Crippen molar-refractivity contribution in [2.24, 2.45) is 0 Å². The first-order chi connectivity index (χ1) is 9.57. The standard InChI is InChI=1S/C14H21N3O4/c1-6-8(12(20)21)16-10(18)9-7(2)15-13(14(3,4)5)17-11(9)19/h8H,6H2,1-5H3,(H,16,18)(H,20,21)(H,15,17,19). The van der Waals surface area contributed by atoms with Crippen molar-refractivity contribution < 1.29 is 14.7 Å². The van der Waals surface area contributed by atoms with E-state index in [1.807, 2.05) is 20.8 Å². The monoisotopic (exact) mass is 295 g/mol. The number of aromatic amines is 1. The number of rotatable bonds is 4. The predicted molar refractivity (Wildman–Crippen MR) is 77.5 cm³/mol. The number of carboxylic acid groups (broad SMARTS) is 1. The lowest BCUT2D eigenvalue weighted by Gasteiger charge is -2.19. The summed E-state index contributed by atoms with van der Waals surface area (Å²) in [6, 6.07) is -1.03. The number of nitrogens with one attached hydrogen (secondary N) is 2. The predicted octanol–water partition coefficient (Wildman–Crippen LogP) is 0.969. The van der Waals surface area contributed by atoms with Gasteiger partial charge < -0.3 is 15.4 Å². The van der Waals surface area contributed by atoms with E-state index in [4.69, 9.17) is 5.11 Å². The molecule has 21 heavy (non-hydrogen) atoms. The normalized spacial score (nSPS) is 12.8. The van der Waals surface area contributed by atoms with Crippen molar-refractivity contribution in [2.45, 2.75) is 52.5 Å². The number of nitrogens with zero attached hydrogens (tertiary/aromatic N) is 1. The van der Waals surface area contributed by atoms with Gasteiger partial charge in [-0.1, -0.05) is 27.7 Å². The molecule has 0 spiro atoms. The highest BCUT2D eigenvalue weighted by molar-refractivity contribution is 5.97. The Bertz CT molecular complexity index is 614. The van der Waals surface area contributed by atoms with Crippen molar-refractivity contribution >= 4 is 11.9 Å². The lowest BCUT2D eigenvalue weighted by atomic mass is 9.95. The molecule has 0 saturated carbocycles. The maximum absolute atomic E-state index is 12.1. The van der Waals surface area contributed by atoms with Gasteiger partial charge in [-0.2, -0.15) is 0 Å². The third kappa shape index (κ3) is 3.90. The first-order valence-electron chi connectivity index (χ1n) is 6.73. The lowest BCUT2D eigenvalue weighted by Crippen LogP contribution is -2.43. The zero-order valence-corrected chi connectivity index (χ0v) is 12.9. The molecule has 3 N–H and O–H groups in total. The molecule has 0 aromatic carbocycles. The fourth-order valence-corrected chi connectivity index (χ4v) is 1.78. The van der Waals surface area contributed by atoms with Crippen molar-refractivity contribution in [1.29, 1.82) is 0 Å². The minimum atomic E-state index is -1.14. The molecule has 1 unspecified atom stereocenters. The molecule has 0 aliphatic carbocycles. The van der Waals surface area contributed by atoms with Crippen molar-refractivity contribution in [3.63, 3.8) is 0 Å². The highest BCUT2D eigenvalue weighted by Crippen LogP contribution is 2.17. The molecule has 0 saturated heterocycles. The fraction of sp³-hybridized carbons (Fsp3) is 0.571. The molecule has 1 aromatic rings. The van der Waals surface area contributed by atoms with Gasteiger partial charge in [-0.25, -0.2) is 9.78 Å². The molecule has 0 bridgehead atoms. The Morgan fingerprint density at radius 3 is 2.33 bits per heavy atom. The largest absolute Gasteiger partial charge is 0.480 e. The third-order valence-corrected chi connectivity index (χ3v) is 3.05. The minimum absolute atomic E-state index is 0.150. The third-order valence-electron chi connectivity index (χ3n) is 3.05. The summed E-state index contributed by atoms with van der Waals surface area (Å²) in [5.41, 5.74) is -0.791. The maximum Gasteiger partial charge on any atom is 0.326 e. The number of carbonyl (C=O) groups is 2. The summed E-state index contributed by atoms with van der Waals surface area (Å²) in [5.74, 6) is -1.39. The Morgan fingerprint density at radius 1 is 1.38 bits per heavy atom. The Kier molecular flexibility index (Phi) is 4.88. The van der Waals surface area contributed by atoms with Crippen LogP contribution in [0.4, 0.5) is 0 Å². The van der Waals surface area contributed by atoms with Gasteiger partial charge in [0.2, 0.25) is 0 Å². The first-order valence-corrected chi connectivity index (χ1v) is 6.73. The zero-order valence-electron chi connectivity index (χ0n) is 12.9.